The van der Waals surface area contributed by atoms with Crippen molar-refractivity contribution in [1.82, 2.24) is 4.90 Å². The van der Waals surface area contributed by atoms with Crippen LogP contribution in [0.4, 0.5) is 9.18 Å². The van der Waals surface area contributed by atoms with Crippen LogP contribution in [0.1, 0.15) is 39.2 Å². The maximum absolute atomic E-state index is 13.9. The molecule has 1 heterocycles. The van der Waals surface area contributed by atoms with Crippen molar-refractivity contribution in [3.05, 3.63) is 35.6 Å². The van der Waals surface area contributed by atoms with Gasteiger partial charge >= 0.3 is 12.1 Å². The number of carboxylic acid groups (broad SMARTS) is 1. The minimum Gasteiger partial charge on any atom is -0.479 e. The molecule has 0 unspecified atom stereocenters. The Hall–Kier alpha value is -2.11. The molecular formula is C17H22FNO4. The fourth-order valence-corrected chi connectivity index (χ4v) is 2.90. The number of rotatable bonds is 3. The van der Waals surface area contributed by atoms with E-state index in [9.17, 15) is 19.1 Å². The van der Waals surface area contributed by atoms with E-state index in [1.165, 1.54) is 11.0 Å². The molecule has 1 saturated heterocycles. The molecule has 0 bridgehead atoms. The van der Waals surface area contributed by atoms with Gasteiger partial charge in [-0.05, 0) is 45.2 Å². The van der Waals surface area contributed by atoms with E-state index in [1.54, 1.807) is 39.0 Å². The summed E-state index contributed by atoms with van der Waals surface area (Å²) in [7, 11) is 0. The van der Waals surface area contributed by atoms with Gasteiger partial charge in [0, 0.05) is 13.0 Å². The fourth-order valence-electron chi connectivity index (χ4n) is 2.90. The smallest absolute Gasteiger partial charge is 0.411 e. The van der Waals surface area contributed by atoms with Crippen LogP contribution in [0.25, 0.3) is 0 Å². The van der Waals surface area contributed by atoms with E-state index in [0.29, 0.717) is 6.42 Å². The van der Waals surface area contributed by atoms with Crippen molar-refractivity contribution in [2.75, 3.05) is 6.54 Å². The molecule has 6 heteroatoms. The summed E-state index contributed by atoms with van der Waals surface area (Å²) < 4.78 is 19.3. The molecule has 1 aromatic carbocycles. The molecule has 5 nitrogen and oxygen atoms in total. The van der Waals surface area contributed by atoms with Crippen molar-refractivity contribution in [3.8, 4) is 0 Å². The van der Waals surface area contributed by atoms with Gasteiger partial charge < -0.3 is 9.84 Å². The Morgan fingerprint density at radius 3 is 2.57 bits per heavy atom. The van der Waals surface area contributed by atoms with E-state index < -0.39 is 29.0 Å². The Balaban J connectivity index is 2.33. The number of ether oxygens (including phenoxy) is 1. The van der Waals surface area contributed by atoms with Crippen LogP contribution in [0.15, 0.2) is 24.3 Å². The van der Waals surface area contributed by atoms with E-state index in [4.69, 9.17) is 4.74 Å². The normalized spacial score (nSPS) is 21.3. The minimum absolute atomic E-state index is 0.0751. The summed E-state index contributed by atoms with van der Waals surface area (Å²) in [6.07, 6.45) is 0.0678. The first-order chi connectivity index (χ1) is 10.7. The lowest BCUT2D eigenvalue weighted by Crippen LogP contribution is -2.55. The van der Waals surface area contributed by atoms with Gasteiger partial charge in [-0.2, -0.15) is 0 Å². The van der Waals surface area contributed by atoms with Gasteiger partial charge in [0.05, 0.1) is 0 Å². The maximum Gasteiger partial charge on any atom is 0.411 e. The largest absolute Gasteiger partial charge is 0.479 e. The Bertz CT molecular complexity index is 611. The average Bonchev–Trinajstić information content (AvgIpc) is 2.84. The van der Waals surface area contributed by atoms with Crippen LogP contribution in [0, 0.1) is 5.82 Å². The van der Waals surface area contributed by atoms with Gasteiger partial charge in [0.1, 0.15) is 17.0 Å². The molecule has 0 aromatic heterocycles. The molecular weight excluding hydrogens is 301 g/mol. The highest BCUT2D eigenvalue weighted by Gasteiger charge is 2.51. The Kier molecular flexibility index (Phi) is 4.63. The molecule has 1 aromatic rings. The van der Waals surface area contributed by atoms with Crippen LogP contribution < -0.4 is 0 Å². The molecule has 1 aliphatic rings. The summed E-state index contributed by atoms with van der Waals surface area (Å²) in [5.41, 5.74) is -1.91. The van der Waals surface area contributed by atoms with Crippen LogP contribution in [0.5, 0.6) is 0 Å². The summed E-state index contributed by atoms with van der Waals surface area (Å²) in [4.78, 5) is 25.6. The molecule has 0 saturated carbocycles. The second kappa shape index (κ2) is 6.18. The molecule has 1 aliphatic heterocycles. The number of halogens is 1. The van der Waals surface area contributed by atoms with Crippen molar-refractivity contribution >= 4 is 12.1 Å². The summed E-state index contributed by atoms with van der Waals surface area (Å²) in [6, 6.07) is 6.04. The van der Waals surface area contributed by atoms with Crippen molar-refractivity contribution in [3.63, 3.8) is 0 Å². The third-order valence-corrected chi connectivity index (χ3v) is 3.94. The lowest BCUT2D eigenvalue weighted by Gasteiger charge is -2.36. The zero-order valence-corrected chi connectivity index (χ0v) is 13.6. The number of likely N-dealkylation sites (tertiary alicyclic amines) is 1. The Labute approximate surface area is 135 Å². The van der Waals surface area contributed by atoms with Gasteiger partial charge in [-0.3, -0.25) is 4.90 Å². The molecule has 1 N–H and O–H groups in total. The van der Waals surface area contributed by atoms with Crippen molar-refractivity contribution in [2.45, 2.75) is 51.2 Å². The predicted molar refractivity (Wildman–Crippen MR) is 82.6 cm³/mol. The third kappa shape index (κ3) is 3.63. The molecule has 0 radical (unpaired) electrons. The highest BCUT2D eigenvalue weighted by atomic mass is 19.1. The first kappa shape index (κ1) is 17.2. The number of carbonyl (C=O) groups is 2. The molecule has 1 atom stereocenters. The summed E-state index contributed by atoms with van der Waals surface area (Å²) in [6.45, 7) is 5.45. The van der Waals surface area contributed by atoms with Gasteiger partial charge in [-0.1, -0.05) is 18.2 Å². The standard InChI is InChI=1S/C17H22FNO4/c1-16(2,3)23-15(22)19-10-6-9-17(19,14(20)21)11-12-7-4-5-8-13(12)18/h4-5,7-8H,6,9-11H2,1-3H3,(H,20,21)/t17-/m0/s1. The number of amides is 1. The fraction of sp³-hybridized carbons (Fsp3) is 0.529. The second-order valence-electron chi connectivity index (χ2n) is 6.84. The third-order valence-electron chi connectivity index (χ3n) is 3.94. The zero-order valence-electron chi connectivity index (χ0n) is 13.6. The van der Waals surface area contributed by atoms with Gasteiger partial charge in [-0.25, -0.2) is 14.0 Å². The number of carbonyl (C=O) groups excluding carboxylic acids is 1. The topological polar surface area (TPSA) is 66.8 Å². The number of nitrogens with zero attached hydrogens (tertiary/aromatic N) is 1. The van der Waals surface area contributed by atoms with E-state index in [1.807, 2.05) is 0 Å². The maximum atomic E-state index is 13.9. The van der Waals surface area contributed by atoms with E-state index in [2.05, 4.69) is 0 Å². The molecule has 0 spiro atoms. The van der Waals surface area contributed by atoms with Gasteiger partial charge in [0.15, 0.2) is 0 Å². The van der Waals surface area contributed by atoms with Gasteiger partial charge in [0.25, 0.3) is 0 Å². The number of hydrogen-bond donors (Lipinski definition) is 1. The van der Waals surface area contributed by atoms with Crippen molar-refractivity contribution in [1.29, 1.82) is 0 Å². The highest BCUT2D eigenvalue weighted by Crippen LogP contribution is 2.35. The number of hydrogen-bond acceptors (Lipinski definition) is 3. The zero-order chi connectivity index (χ0) is 17.3. The molecule has 1 fully saturated rings. The van der Waals surface area contributed by atoms with E-state index in [-0.39, 0.29) is 24.9 Å². The monoisotopic (exact) mass is 323 g/mol. The Morgan fingerprint density at radius 1 is 1.35 bits per heavy atom. The number of carboxylic acids is 1. The first-order valence-electron chi connectivity index (χ1n) is 7.63. The summed E-state index contributed by atoms with van der Waals surface area (Å²) in [5, 5.41) is 9.76. The van der Waals surface area contributed by atoms with E-state index in [0.717, 1.165) is 0 Å². The van der Waals surface area contributed by atoms with Crippen molar-refractivity contribution in [2.24, 2.45) is 0 Å². The summed E-state index contributed by atoms with van der Waals surface area (Å²) in [5.74, 6) is -1.60. The SMILES string of the molecule is CC(C)(C)OC(=O)N1CCC[C@]1(Cc1ccccc1F)C(=O)O. The molecule has 23 heavy (non-hydrogen) atoms. The van der Waals surface area contributed by atoms with Crippen LogP contribution in [-0.2, 0) is 16.0 Å². The second-order valence-corrected chi connectivity index (χ2v) is 6.84. The minimum atomic E-state index is -1.47. The Morgan fingerprint density at radius 2 is 2.00 bits per heavy atom. The first-order valence-corrected chi connectivity index (χ1v) is 7.63. The molecule has 126 valence electrons. The number of aliphatic carboxylic acids is 1. The van der Waals surface area contributed by atoms with Gasteiger partial charge in [-0.15, -0.1) is 0 Å². The number of benzene rings is 1. The molecule has 1 amide bonds. The van der Waals surface area contributed by atoms with Crippen molar-refractivity contribution < 1.29 is 23.8 Å². The highest BCUT2D eigenvalue weighted by molar-refractivity contribution is 5.85. The molecule has 2 rings (SSSR count). The van der Waals surface area contributed by atoms with Gasteiger partial charge in [0.2, 0.25) is 0 Å². The average molecular weight is 323 g/mol. The molecule has 0 aliphatic carbocycles. The van der Waals surface area contributed by atoms with Crippen LogP contribution >= 0.6 is 0 Å². The predicted octanol–water partition coefficient (Wildman–Crippen LogP) is 3.22. The van der Waals surface area contributed by atoms with Crippen LogP contribution in [0.3, 0.4) is 0 Å². The van der Waals surface area contributed by atoms with Crippen LogP contribution in [0.2, 0.25) is 0 Å². The quantitative estimate of drug-likeness (QED) is 0.927. The lowest BCUT2D eigenvalue weighted by atomic mass is 9.88. The summed E-state index contributed by atoms with van der Waals surface area (Å²) >= 11 is 0. The van der Waals surface area contributed by atoms with E-state index >= 15 is 0 Å². The van der Waals surface area contributed by atoms with Crippen LogP contribution in [-0.4, -0.2) is 39.8 Å². The lowest BCUT2D eigenvalue weighted by molar-refractivity contribution is -0.149.